The van der Waals surface area contributed by atoms with E-state index in [0.717, 1.165) is 16.6 Å². The number of benzene rings is 3. The third-order valence-corrected chi connectivity index (χ3v) is 6.95. The van der Waals surface area contributed by atoms with E-state index in [9.17, 15) is 18.0 Å². The number of imidazole rings is 1. The minimum Gasteiger partial charge on any atom is -0.326 e. The van der Waals surface area contributed by atoms with Crippen molar-refractivity contribution in [2.24, 2.45) is 0 Å². The average Bonchev–Trinajstić information content (AvgIpc) is 3.09. The van der Waals surface area contributed by atoms with E-state index in [4.69, 9.17) is 0 Å². The molecule has 3 aromatic carbocycles. The molecule has 0 spiro atoms. The van der Waals surface area contributed by atoms with Crippen molar-refractivity contribution in [2.75, 3.05) is 10.0 Å². The van der Waals surface area contributed by atoms with Gasteiger partial charge in [0.05, 0.1) is 15.9 Å². The summed E-state index contributed by atoms with van der Waals surface area (Å²) in [6.45, 7) is 4.61. The lowest BCUT2D eigenvalue weighted by Gasteiger charge is -2.10. The van der Waals surface area contributed by atoms with Crippen LogP contribution in [-0.4, -0.2) is 23.5 Å². The largest absolute Gasteiger partial charge is 0.329 e. The molecule has 0 unspecified atom stereocenters. The highest BCUT2D eigenvalue weighted by Gasteiger charge is 2.15. The zero-order valence-corrected chi connectivity index (χ0v) is 19.8. The van der Waals surface area contributed by atoms with E-state index in [1.54, 1.807) is 57.7 Å². The van der Waals surface area contributed by atoms with Gasteiger partial charge in [-0.1, -0.05) is 29.8 Å². The maximum atomic E-state index is 12.7. The topological polar surface area (TPSA) is 102 Å². The van der Waals surface area contributed by atoms with Crippen molar-refractivity contribution in [3.05, 3.63) is 88.8 Å². The molecular weight excluding hydrogens is 452 g/mol. The van der Waals surface area contributed by atoms with E-state index in [1.807, 2.05) is 38.1 Å². The summed E-state index contributed by atoms with van der Waals surface area (Å²) in [5.74, 6) is -0.242. The minimum atomic E-state index is -3.70. The first-order chi connectivity index (χ1) is 16.3. The van der Waals surface area contributed by atoms with Gasteiger partial charge < -0.3 is 5.32 Å². The summed E-state index contributed by atoms with van der Waals surface area (Å²) in [5.41, 5.74) is 3.40. The van der Waals surface area contributed by atoms with Crippen molar-refractivity contribution in [2.45, 2.75) is 38.3 Å². The Labute approximate surface area is 197 Å². The van der Waals surface area contributed by atoms with Crippen LogP contribution in [0.1, 0.15) is 18.9 Å². The quantitative estimate of drug-likeness (QED) is 0.400. The van der Waals surface area contributed by atoms with Crippen molar-refractivity contribution in [1.29, 1.82) is 0 Å². The second kappa shape index (κ2) is 9.56. The Bertz CT molecular complexity index is 1480. The lowest BCUT2D eigenvalue weighted by molar-refractivity contribution is -0.116. The molecule has 0 aliphatic heterocycles. The fourth-order valence-corrected chi connectivity index (χ4v) is 4.84. The maximum Gasteiger partial charge on any atom is 0.329 e. The number of sulfonamides is 1. The van der Waals surface area contributed by atoms with Gasteiger partial charge in [-0.15, -0.1) is 0 Å². The van der Waals surface area contributed by atoms with Crippen molar-refractivity contribution in [3.8, 4) is 0 Å². The van der Waals surface area contributed by atoms with Crippen LogP contribution >= 0.6 is 0 Å². The highest BCUT2D eigenvalue weighted by Crippen LogP contribution is 2.19. The Morgan fingerprint density at radius 2 is 1.44 bits per heavy atom. The molecule has 0 atom stereocenters. The number of hydrogen-bond acceptors (Lipinski definition) is 4. The first kappa shape index (κ1) is 23.3. The molecule has 8 nitrogen and oxygen atoms in total. The fourth-order valence-electron chi connectivity index (χ4n) is 3.78. The lowest BCUT2D eigenvalue weighted by Crippen LogP contribution is -2.25. The van der Waals surface area contributed by atoms with Gasteiger partial charge in [-0.2, -0.15) is 0 Å². The summed E-state index contributed by atoms with van der Waals surface area (Å²) in [7, 11) is -3.70. The van der Waals surface area contributed by atoms with E-state index in [0.29, 0.717) is 17.9 Å². The zero-order valence-electron chi connectivity index (χ0n) is 19.0. The number of aromatic nitrogens is 2. The van der Waals surface area contributed by atoms with Crippen molar-refractivity contribution >= 4 is 38.3 Å². The van der Waals surface area contributed by atoms with Crippen LogP contribution in [0.4, 0.5) is 11.4 Å². The molecule has 0 fully saturated rings. The van der Waals surface area contributed by atoms with Crippen molar-refractivity contribution < 1.29 is 13.2 Å². The van der Waals surface area contributed by atoms with E-state index in [1.165, 1.54) is 0 Å². The molecule has 0 bridgehead atoms. The Kier molecular flexibility index (Phi) is 6.56. The Morgan fingerprint density at radius 1 is 0.853 bits per heavy atom. The second-order valence-corrected chi connectivity index (χ2v) is 9.64. The third-order valence-electron chi connectivity index (χ3n) is 5.56. The van der Waals surface area contributed by atoms with Crippen molar-refractivity contribution in [3.63, 3.8) is 0 Å². The van der Waals surface area contributed by atoms with Gasteiger partial charge in [-0.3, -0.25) is 18.7 Å². The standard InChI is InChI=1S/C25H26N4O4S/c1-3-28-22-6-4-5-7-23(22)29(25(28)31)17-16-24(30)26-19-10-12-20(13-11-19)27-34(32,33)21-14-8-18(2)9-15-21/h4-15,27H,3,16-17H2,1-2H3,(H,26,30). The maximum absolute atomic E-state index is 12.7. The van der Waals surface area contributed by atoms with Gasteiger partial charge in [0.25, 0.3) is 10.0 Å². The van der Waals surface area contributed by atoms with Crippen LogP contribution in [0, 0.1) is 6.92 Å². The summed E-state index contributed by atoms with van der Waals surface area (Å²) in [4.78, 5) is 25.4. The first-order valence-electron chi connectivity index (χ1n) is 11.0. The second-order valence-electron chi connectivity index (χ2n) is 7.96. The summed E-state index contributed by atoms with van der Waals surface area (Å²) in [5, 5.41) is 2.79. The molecule has 0 radical (unpaired) electrons. The number of anilines is 2. The molecule has 1 heterocycles. The van der Waals surface area contributed by atoms with Crippen LogP contribution < -0.4 is 15.7 Å². The van der Waals surface area contributed by atoms with Gasteiger partial charge in [0.2, 0.25) is 5.91 Å². The first-order valence-corrected chi connectivity index (χ1v) is 12.4. The molecular formula is C25H26N4O4S. The molecule has 1 amide bonds. The van der Waals surface area contributed by atoms with Crippen molar-refractivity contribution in [1.82, 2.24) is 9.13 Å². The smallest absolute Gasteiger partial charge is 0.326 e. The molecule has 34 heavy (non-hydrogen) atoms. The normalized spacial score (nSPS) is 11.5. The number of rotatable bonds is 8. The number of hydrogen-bond donors (Lipinski definition) is 2. The summed E-state index contributed by atoms with van der Waals surface area (Å²) < 4.78 is 30.9. The number of carbonyl (C=O) groups excluding carboxylic acids is 1. The highest BCUT2D eigenvalue weighted by molar-refractivity contribution is 7.92. The van der Waals surface area contributed by atoms with Crippen LogP contribution in [0.2, 0.25) is 0 Å². The predicted molar refractivity (Wildman–Crippen MR) is 134 cm³/mol. The summed E-state index contributed by atoms with van der Waals surface area (Å²) in [6.07, 6.45) is 0.124. The van der Waals surface area contributed by atoms with Crippen LogP contribution in [0.3, 0.4) is 0 Å². The number of nitrogens with zero attached hydrogens (tertiary/aromatic N) is 2. The Morgan fingerprint density at radius 3 is 2.06 bits per heavy atom. The minimum absolute atomic E-state index is 0.124. The molecule has 0 saturated carbocycles. The number of nitrogens with one attached hydrogen (secondary N) is 2. The number of para-hydroxylation sites is 2. The molecule has 4 aromatic rings. The van der Waals surface area contributed by atoms with E-state index < -0.39 is 10.0 Å². The van der Waals surface area contributed by atoms with Gasteiger partial charge >= 0.3 is 5.69 Å². The van der Waals surface area contributed by atoms with E-state index in [2.05, 4.69) is 10.0 Å². The number of fused-ring (bicyclic) bond motifs is 1. The van der Waals surface area contributed by atoms with E-state index >= 15 is 0 Å². The molecule has 0 saturated heterocycles. The molecule has 4 rings (SSSR count). The van der Waals surface area contributed by atoms with E-state index in [-0.39, 0.29) is 29.5 Å². The number of aryl methyl sites for hydroxylation is 3. The van der Waals surface area contributed by atoms with Crippen LogP contribution in [0.25, 0.3) is 11.0 Å². The molecule has 0 aliphatic carbocycles. The summed E-state index contributed by atoms with van der Waals surface area (Å²) >= 11 is 0. The zero-order chi connectivity index (χ0) is 24.3. The highest BCUT2D eigenvalue weighted by atomic mass is 32.2. The molecule has 0 aliphatic rings. The Balaban J connectivity index is 1.39. The number of amides is 1. The predicted octanol–water partition coefficient (Wildman–Crippen LogP) is 3.96. The number of carbonyl (C=O) groups is 1. The molecule has 9 heteroatoms. The average molecular weight is 479 g/mol. The molecule has 176 valence electrons. The van der Waals surface area contributed by atoms with Crippen LogP contribution in [-0.2, 0) is 27.9 Å². The SMILES string of the molecule is CCn1c(=O)n(CCC(=O)Nc2ccc(NS(=O)(=O)c3ccc(C)cc3)cc2)c2ccccc21. The van der Waals surface area contributed by atoms with Gasteiger partial charge in [0.1, 0.15) is 0 Å². The Hall–Kier alpha value is -3.85. The van der Waals surface area contributed by atoms with Gasteiger partial charge in [0, 0.05) is 30.9 Å². The molecule has 2 N–H and O–H groups in total. The van der Waals surface area contributed by atoms with Crippen LogP contribution in [0.5, 0.6) is 0 Å². The van der Waals surface area contributed by atoms with Gasteiger partial charge in [0.15, 0.2) is 0 Å². The van der Waals surface area contributed by atoms with Crippen LogP contribution in [0.15, 0.2) is 82.5 Å². The fraction of sp³-hybridized carbons (Fsp3) is 0.200. The third kappa shape index (κ3) is 4.89. The molecule has 1 aromatic heterocycles. The monoisotopic (exact) mass is 478 g/mol. The summed E-state index contributed by atoms with van der Waals surface area (Å²) in [6, 6.07) is 20.5. The van der Waals surface area contributed by atoms with Gasteiger partial charge in [-0.25, -0.2) is 13.2 Å². The lowest BCUT2D eigenvalue weighted by atomic mass is 10.2. The van der Waals surface area contributed by atoms with Gasteiger partial charge in [-0.05, 0) is 62.4 Å².